The zero-order chi connectivity index (χ0) is 17.1. The highest BCUT2D eigenvalue weighted by Crippen LogP contribution is 2.36. The van der Waals surface area contributed by atoms with E-state index in [-0.39, 0.29) is 11.5 Å². The molecule has 0 unspecified atom stereocenters. The van der Waals surface area contributed by atoms with Crippen LogP contribution < -0.4 is 5.32 Å². The molecule has 1 aromatic heterocycles. The first kappa shape index (κ1) is 16.8. The minimum atomic E-state index is -0.170. The number of rotatable bonds is 4. The van der Waals surface area contributed by atoms with Gasteiger partial charge in [0.05, 0.1) is 12.6 Å². The highest BCUT2D eigenvalue weighted by molar-refractivity contribution is 5.27. The minimum Gasteiger partial charge on any atom is -0.392 e. The molecule has 0 bridgehead atoms. The monoisotopic (exact) mass is 340 g/mol. The topological polar surface area (TPSA) is 53.3 Å². The molecule has 2 fully saturated rings. The van der Waals surface area contributed by atoms with Gasteiger partial charge in [0.25, 0.3) is 0 Å². The third kappa shape index (κ3) is 3.64. The number of hydrogen-bond donors (Lipinski definition) is 2. The van der Waals surface area contributed by atoms with Crippen LogP contribution in [0.2, 0.25) is 0 Å². The smallest absolute Gasteiger partial charge is 0.0662 e. The molecular weight excluding hydrogens is 312 g/mol. The summed E-state index contributed by atoms with van der Waals surface area (Å²) in [5.74, 6) is 0. The summed E-state index contributed by atoms with van der Waals surface area (Å²) in [7, 11) is 0. The third-order valence-electron chi connectivity index (χ3n) is 5.87. The van der Waals surface area contributed by atoms with Gasteiger partial charge in [-0.1, -0.05) is 24.3 Å². The molecule has 2 atom stereocenters. The van der Waals surface area contributed by atoms with E-state index < -0.39 is 0 Å². The van der Waals surface area contributed by atoms with Crippen LogP contribution >= 0.6 is 0 Å². The second-order valence-electron chi connectivity index (χ2n) is 7.63. The summed E-state index contributed by atoms with van der Waals surface area (Å²) in [6.07, 6.45) is 6.84. The summed E-state index contributed by atoms with van der Waals surface area (Å²) in [4.78, 5) is 2.53. The van der Waals surface area contributed by atoms with E-state index in [4.69, 9.17) is 0 Å². The number of aromatic nitrogens is 2. The molecule has 134 valence electrons. The van der Waals surface area contributed by atoms with Crippen molar-refractivity contribution >= 4 is 0 Å². The molecule has 0 aliphatic carbocycles. The van der Waals surface area contributed by atoms with Crippen LogP contribution in [0, 0.1) is 5.41 Å². The second kappa shape index (κ2) is 7.28. The third-order valence-corrected chi connectivity index (χ3v) is 5.87. The lowest BCUT2D eigenvalue weighted by Crippen LogP contribution is -2.57. The van der Waals surface area contributed by atoms with E-state index in [0.717, 1.165) is 52.1 Å². The molecule has 4 rings (SSSR count). The predicted molar refractivity (Wildman–Crippen MR) is 98.2 cm³/mol. The largest absolute Gasteiger partial charge is 0.392 e. The van der Waals surface area contributed by atoms with Crippen molar-refractivity contribution in [1.29, 1.82) is 0 Å². The Kier molecular flexibility index (Phi) is 4.88. The van der Waals surface area contributed by atoms with Crippen molar-refractivity contribution in [2.24, 2.45) is 5.41 Å². The molecular formula is C20H28N4O. The van der Waals surface area contributed by atoms with Crippen molar-refractivity contribution in [1.82, 2.24) is 20.0 Å². The highest BCUT2D eigenvalue weighted by atomic mass is 16.3. The maximum Gasteiger partial charge on any atom is 0.0662 e. The van der Waals surface area contributed by atoms with Gasteiger partial charge in [-0.3, -0.25) is 9.58 Å². The standard InChI is InChI=1S/C20H28N4O/c25-19-7-10-21-15-20(19)8-3-11-23(16-20)13-17-5-1-2-6-18(17)14-24-12-4-9-22-24/h1-2,4-6,9,12,19,21,25H,3,7-8,10-11,13-16H2/t19-,20-/m0/s1. The van der Waals surface area contributed by atoms with Gasteiger partial charge in [0.2, 0.25) is 0 Å². The number of nitrogens with zero attached hydrogens (tertiary/aromatic N) is 3. The van der Waals surface area contributed by atoms with Gasteiger partial charge in [0.1, 0.15) is 0 Å². The van der Waals surface area contributed by atoms with Crippen LogP contribution in [-0.2, 0) is 13.1 Å². The van der Waals surface area contributed by atoms with E-state index in [1.807, 2.05) is 23.1 Å². The average molecular weight is 340 g/mol. The summed E-state index contributed by atoms with van der Waals surface area (Å²) in [6, 6.07) is 10.6. The molecule has 0 radical (unpaired) electrons. The zero-order valence-electron chi connectivity index (χ0n) is 14.8. The van der Waals surface area contributed by atoms with E-state index in [0.29, 0.717) is 0 Å². The van der Waals surface area contributed by atoms with E-state index in [1.165, 1.54) is 17.5 Å². The van der Waals surface area contributed by atoms with Crippen LogP contribution in [0.3, 0.4) is 0 Å². The van der Waals surface area contributed by atoms with Gasteiger partial charge in [0, 0.05) is 37.4 Å². The van der Waals surface area contributed by atoms with E-state index >= 15 is 0 Å². The highest BCUT2D eigenvalue weighted by Gasteiger charge is 2.42. The van der Waals surface area contributed by atoms with Crippen LogP contribution in [0.25, 0.3) is 0 Å². The summed E-state index contributed by atoms with van der Waals surface area (Å²) in [6.45, 7) is 5.75. The number of nitrogens with one attached hydrogen (secondary N) is 1. The lowest BCUT2D eigenvalue weighted by molar-refractivity contribution is -0.0514. The van der Waals surface area contributed by atoms with Gasteiger partial charge in [-0.2, -0.15) is 5.10 Å². The Balaban J connectivity index is 1.48. The van der Waals surface area contributed by atoms with Crippen molar-refractivity contribution in [2.45, 2.75) is 38.5 Å². The molecule has 5 nitrogen and oxygen atoms in total. The van der Waals surface area contributed by atoms with Crippen LogP contribution in [0.5, 0.6) is 0 Å². The zero-order valence-corrected chi connectivity index (χ0v) is 14.8. The molecule has 5 heteroatoms. The lowest BCUT2D eigenvalue weighted by Gasteiger charge is -2.48. The van der Waals surface area contributed by atoms with E-state index in [2.05, 4.69) is 39.6 Å². The lowest BCUT2D eigenvalue weighted by atomic mass is 9.72. The van der Waals surface area contributed by atoms with Gasteiger partial charge in [-0.15, -0.1) is 0 Å². The molecule has 1 spiro atoms. The Morgan fingerprint density at radius 1 is 1.20 bits per heavy atom. The predicted octanol–water partition coefficient (Wildman–Crippen LogP) is 1.87. The van der Waals surface area contributed by atoms with Crippen molar-refractivity contribution in [3.05, 3.63) is 53.9 Å². The molecule has 0 amide bonds. The Bertz CT molecular complexity index is 683. The fourth-order valence-corrected chi connectivity index (χ4v) is 4.48. The molecule has 2 aromatic rings. The summed E-state index contributed by atoms with van der Waals surface area (Å²) in [5, 5.41) is 18.5. The number of aliphatic hydroxyl groups excluding tert-OH is 1. The molecule has 2 N–H and O–H groups in total. The SMILES string of the molecule is O[C@H]1CCNC[C@]12CCCN(Cc1ccccc1Cn1cccn1)C2. The molecule has 1 aromatic carbocycles. The van der Waals surface area contributed by atoms with Crippen LogP contribution in [0.15, 0.2) is 42.7 Å². The second-order valence-corrected chi connectivity index (χ2v) is 7.63. The Morgan fingerprint density at radius 2 is 2.04 bits per heavy atom. The van der Waals surface area contributed by atoms with Crippen molar-refractivity contribution < 1.29 is 5.11 Å². The molecule has 3 heterocycles. The van der Waals surface area contributed by atoms with Crippen LogP contribution in [0.4, 0.5) is 0 Å². The summed E-state index contributed by atoms with van der Waals surface area (Å²) >= 11 is 0. The minimum absolute atomic E-state index is 0.0351. The quantitative estimate of drug-likeness (QED) is 0.892. The first-order valence-corrected chi connectivity index (χ1v) is 9.41. The van der Waals surface area contributed by atoms with Crippen LogP contribution in [0.1, 0.15) is 30.4 Å². The molecule has 25 heavy (non-hydrogen) atoms. The Hall–Kier alpha value is -1.69. The fraction of sp³-hybridized carbons (Fsp3) is 0.550. The van der Waals surface area contributed by atoms with Crippen molar-refractivity contribution in [2.75, 3.05) is 26.2 Å². The first-order valence-electron chi connectivity index (χ1n) is 9.41. The first-order chi connectivity index (χ1) is 12.3. The van der Waals surface area contributed by atoms with E-state index in [1.54, 1.807) is 0 Å². The maximum atomic E-state index is 10.6. The molecule has 0 saturated carbocycles. The number of benzene rings is 1. The summed E-state index contributed by atoms with van der Waals surface area (Å²) < 4.78 is 1.98. The maximum absolute atomic E-state index is 10.6. The Labute approximate surface area is 149 Å². The number of likely N-dealkylation sites (tertiary alicyclic amines) is 1. The number of aliphatic hydroxyl groups is 1. The molecule has 2 saturated heterocycles. The fourth-order valence-electron chi connectivity index (χ4n) is 4.48. The van der Waals surface area contributed by atoms with Gasteiger partial charge in [0.15, 0.2) is 0 Å². The van der Waals surface area contributed by atoms with Gasteiger partial charge < -0.3 is 10.4 Å². The van der Waals surface area contributed by atoms with E-state index in [9.17, 15) is 5.11 Å². The van der Waals surface area contributed by atoms with Crippen LogP contribution in [-0.4, -0.2) is 52.1 Å². The number of piperidine rings is 2. The Morgan fingerprint density at radius 3 is 2.80 bits per heavy atom. The molecule has 2 aliphatic rings. The van der Waals surface area contributed by atoms with Gasteiger partial charge in [-0.25, -0.2) is 0 Å². The molecule has 2 aliphatic heterocycles. The summed E-state index contributed by atoms with van der Waals surface area (Å²) in [5.41, 5.74) is 2.73. The number of hydrogen-bond acceptors (Lipinski definition) is 4. The van der Waals surface area contributed by atoms with Crippen molar-refractivity contribution in [3.8, 4) is 0 Å². The van der Waals surface area contributed by atoms with Crippen molar-refractivity contribution in [3.63, 3.8) is 0 Å². The average Bonchev–Trinajstić information content (AvgIpc) is 3.13. The van der Waals surface area contributed by atoms with Gasteiger partial charge >= 0.3 is 0 Å². The normalized spacial score (nSPS) is 27.6. The van der Waals surface area contributed by atoms with Gasteiger partial charge in [-0.05, 0) is 49.5 Å².